The van der Waals surface area contributed by atoms with Crippen LogP contribution in [0.15, 0.2) is 47.3 Å². The number of aromatic nitrogens is 2. The Morgan fingerprint density at radius 2 is 2.00 bits per heavy atom. The zero-order valence-electron chi connectivity index (χ0n) is 12.4. The number of benzene rings is 1. The van der Waals surface area contributed by atoms with Crippen LogP contribution >= 0.6 is 0 Å². The van der Waals surface area contributed by atoms with Crippen molar-refractivity contribution in [2.24, 2.45) is 0 Å². The maximum absolute atomic E-state index is 12.6. The summed E-state index contributed by atoms with van der Waals surface area (Å²) < 4.78 is 1.26. The molecule has 1 aromatic heterocycles. The molecule has 1 unspecified atom stereocenters. The molecule has 0 spiro atoms. The lowest BCUT2D eigenvalue weighted by Crippen LogP contribution is -2.51. The first-order valence-electron chi connectivity index (χ1n) is 7.33. The van der Waals surface area contributed by atoms with E-state index < -0.39 is 0 Å². The summed E-state index contributed by atoms with van der Waals surface area (Å²) in [5, 5.41) is 7.53. The van der Waals surface area contributed by atoms with E-state index in [4.69, 9.17) is 0 Å². The van der Waals surface area contributed by atoms with Crippen molar-refractivity contribution in [1.29, 1.82) is 0 Å². The molecule has 1 atom stereocenters. The number of hydrogen-bond donors (Lipinski definition) is 1. The number of nitrogens with zero attached hydrogens (tertiary/aromatic N) is 3. The fraction of sp³-hybridized carbons (Fsp3) is 0.312. The smallest absolute Gasteiger partial charge is 0.274 e. The highest BCUT2D eigenvalue weighted by atomic mass is 16.2. The zero-order valence-corrected chi connectivity index (χ0v) is 12.4. The van der Waals surface area contributed by atoms with E-state index >= 15 is 0 Å². The molecule has 0 saturated carbocycles. The first-order chi connectivity index (χ1) is 10.6. The molecule has 6 heteroatoms. The van der Waals surface area contributed by atoms with Crippen molar-refractivity contribution in [3.8, 4) is 5.69 Å². The summed E-state index contributed by atoms with van der Waals surface area (Å²) in [5.74, 6) is -0.141. The van der Waals surface area contributed by atoms with Gasteiger partial charge in [-0.15, -0.1) is 0 Å². The Morgan fingerprint density at radius 1 is 1.23 bits per heavy atom. The topological polar surface area (TPSA) is 67.2 Å². The van der Waals surface area contributed by atoms with Crippen LogP contribution in [0.5, 0.6) is 0 Å². The van der Waals surface area contributed by atoms with E-state index in [-0.39, 0.29) is 23.2 Å². The standard InChI is InChI=1S/C16H18N4O2/c1-12-11-19(10-9-17-12)16(22)14-7-8-15(21)20(18-14)13-5-3-2-4-6-13/h2-8,12,17H,9-11H2,1H3. The Labute approximate surface area is 128 Å². The quantitative estimate of drug-likeness (QED) is 0.885. The van der Waals surface area contributed by atoms with Crippen LogP contribution in [-0.4, -0.2) is 46.3 Å². The van der Waals surface area contributed by atoms with Crippen molar-refractivity contribution in [2.75, 3.05) is 19.6 Å². The summed E-state index contributed by atoms with van der Waals surface area (Å²) in [6, 6.07) is 12.2. The second kappa shape index (κ2) is 6.11. The van der Waals surface area contributed by atoms with Crippen LogP contribution in [-0.2, 0) is 0 Å². The van der Waals surface area contributed by atoms with Gasteiger partial charge in [0.25, 0.3) is 11.5 Å². The van der Waals surface area contributed by atoms with Crippen molar-refractivity contribution in [3.05, 3.63) is 58.5 Å². The van der Waals surface area contributed by atoms with Crippen LogP contribution in [0.2, 0.25) is 0 Å². The minimum Gasteiger partial charge on any atom is -0.334 e. The monoisotopic (exact) mass is 298 g/mol. The predicted molar refractivity (Wildman–Crippen MR) is 83.2 cm³/mol. The molecule has 3 rings (SSSR count). The Hall–Kier alpha value is -2.47. The highest BCUT2D eigenvalue weighted by Crippen LogP contribution is 2.07. The summed E-state index contributed by atoms with van der Waals surface area (Å²) in [7, 11) is 0. The van der Waals surface area contributed by atoms with Gasteiger partial charge in [-0.1, -0.05) is 18.2 Å². The third kappa shape index (κ3) is 2.92. The second-order valence-electron chi connectivity index (χ2n) is 5.41. The average Bonchev–Trinajstić information content (AvgIpc) is 2.55. The maximum Gasteiger partial charge on any atom is 0.274 e. The predicted octanol–water partition coefficient (Wildman–Crippen LogP) is 0.666. The van der Waals surface area contributed by atoms with E-state index in [2.05, 4.69) is 10.4 Å². The highest BCUT2D eigenvalue weighted by molar-refractivity contribution is 5.92. The largest absolute Gasteiger partial charge is 0.334 e. The van der Waals surface area contributed by atoms with Crippen LogP contribution in [0.3, 0.4) is 0 Å². The third-order valence-corrected chi connectivity index (χ3v) is 3.68. The Bertz CT molecular complexity index is 726. The van der Waals surface area contributed by atoms with Gasteiger partial charge in [0.05, 0.1) is 5.69 Å². The first-order valence-corrected chi connectivity index (χ1v) is 7.33. The van der Waals surface area contributed by atoms with Crippen molar-refractivity contribution in [1.82, 2.24) is 20.0 Å². The molecule has 1 amide bonds. The molecule has 0 aliphatic carbocycles. The van der Waals surface area contributed by atoms with Crippen LogP contribution in [0.4, 0.5) is 0 Å². The van der Waals surface area contributed by atoms with Crippen molar-refractivity contribution in [2.45, 2.75) is 13.0 Å². The molecule has 1 aliphatic heterocycles. The molecule has 1 saturated heterocycles. The Kier molecular flexibility index (Phi) is 4.02. The minimum atomic E-state index is -0.253. The SMILES string of the molecule is CC1CN(C(=O)c2ccc(=O)n(-c3ccccc3)n2)CCN1. The minimum absolute atomic E-state index is 0.141. The van der Waals surface area contributed by atoms with E-state index in [9.17, 15) is 9.59 Å². The highest BCUT2D eigenvalue weighted by Gasteiger charge is 2.23. The van der Waals surface area contributed by atoms with Crippen molar-refractivity contribution in [3.63, 3.8) is 0 Å². The van der Waals surface area contributed by atoms with Gasteiger partial charge in [0.15, 0.2) is 0 Å². The van der Waals surface area contributed by atoms with Crippen LogP contribution in [0.1, 0.15) is 17.4 Å². The number of para-hydroxylation sites is 1. The second-order valence-corrected chi connectivity index (χ2v) is 5.41. The summed E-state index contributed by atoms with van der Waals surface area (Å²) >= 11 is 0. The van der Waals surface area contributed by atoms with Crippen LogP contribution in [0, 0.1) is 0 Å². The van der Waals surface area contributed by atoms with Crippen molar-refractivity contribution >= 4 is 5.91 Å². The van der Waals surface area contributed by atoms with E-state index in [1.165, 1.54) is 16.8 Å². The molecule has 0 bridgehead atoms. The summed E-state index contributed by atoms with van der Waals surface area (Å²) in [5.41, 5.74) is 0.685. The van der Waals surface area contributed by atoms with Crippen LogP contribution < -0.4 is 10.9 Å². The Morgan fingerprint density at radius 3 is 2.73 bits per heavy atom. The molecule has 22 heavy (non-hydrogen) atoms. The number of hydrogen-bond acceptors (Lipinski definition) is 4. The molecule has 1 N–H and O–H groups in total. The molecule has 2 heterocycles. The van der Waals surface area contributed by atoms with Gasteiger partial charge in [-0.2, -0.15) is 9.78 Å². The van der Waals surface area contributed by atoms with Gasteiger partial charge in [0.2, 0.25) is 0 Å². The number of carbonyl (C=O) groups excluding carboxylic acids is 1. The average molecular weight is 298 g/mol. The number of nitrogens with one attached hydrogen (secondary N) is 1. The fourth-order valence-electron chi connectivity index (χ4n) is 2.56. The van der Waals surface area contributed by atoms with Gasteiger partial charge >= 0.3 is 0 Å². The first kappa shape index (κ1) is 14.5. The Balaban J connectivity index is 1.92. The van der Waals surface area contributed by atoms with E-state index in [1.807, 2.05) is 25.1 Å². The molecule has 0 radical (unpaired) electrons. The van der Waals surface area contributed by atoms with Crippen LogP contribution in [0.25, 0.3) is 5.69 Å². The van der Waals surface area contributed by atoms with Gasteiger partial charge in [-0.05, 0) is 25.1 Å². The molecule has 1 aromatic carbocycles. The normalized spacial score (nSPS) is 18.2. The molecule has 114 valence electrons. The zero-order chi connectivity index (χ0) is 15.5. The lowest BCUT2D eigenvalue weighted by molar-refractivity contribution is 0.0701. The van der Waals surface area contributed by atoms with Gasteiger partial charge in [0.1, 0.15) is 5.69 Å². The fourth-order valence-corrected chi connectivity index (χ4v) is 2.56. The lowest BCUT2D eigenvalue weighted by Gasteiger charge is -2.31. The summed E-state index contributed by atoms with van der Waals surface area (Å²) in [6.07, 6.45) is 0. The van der Waals surface area contributed by atoms with Gasteiger partial charge < -0.3 is 10.2 Å². The number of rotatable bonds is 2. The molecule has 1 fully saturated rings. The van der Waals surface area contributed by atoms with Gasteiger partial charge in [-0.25, -0.2) is 0 Å². The number of amides is 1. The van der Waals surface area contributed by atoms with Crippen molar-refractivity contribution < 1.29 is 4.79 Å². The van der Waals surface area contributed by atoms with Gasteiger partial charge in [-0.3, -0.25) is 9.59 Å². The number of carbonyl (C=O) groups is 1. The third-order valence-electron chi connectivity index (χ3n) is 3.68. The molecular formula is C16H18N4O2. The van der Waals surface area contributed by atoms with E-state index in [0.717, 1.165) is 6.54 Å². The summed E-state index contributed by atoms with van der Waals surface area (Å²) in [4.78, 5) is 26.3. The van der Waals surface area contributed by atoms with E-state index in [0.29, 0.717) is 18.8 Å². The maximum atomic E-state index is 12.6. The summed E-state index contributed by atoms with van der Waals surface area (Å²) in [6.45, 7) is 4.10. The van der Waals surface area contributed by atoms with Gasteiger partial charge in [0, 0.05) is 31.7 Å². The molecule has 1 aliphatic rings. The molecule has 6 nitrogen and oxygen atoms in total. The lowest BCUT2D eigenvalue weighted by atomic mass is 10.2. The molecule has 2 aromatic rings. The molecular weight excluding hydrogens is 280 g/mol. The van der Waals surface area contributed by atoms with E-state index in [1.54, 1.807) is 17.0 Å². The number of piperazine rings is 1.